The van der Waals surface area contributed by atoms with Crippen molar-refractivity contribution in [3.05, 3.63) is 24.0 Å². The number of hydrogen-bond acceptors (Lipinski definition) is 8. The molecular weight excluding hydrogens is 430 g/mol. The van der Waals surface area contributed by atoms with Gasteiger partial charge in [0.05, 0.1) is 18.4 Å². The van der Waals surface area contributed by atoms with Gasteiger partial charge in [-0.25, -0.2) is 15.0 Å². The summed E-state index contributed by atoms with van der Waals surface area (Å²) >= 11 is 0. The molecule has 1 saturated carbocycles. The van der Waals surface area contributed by atoms with Gasteiger partial charge in [0.15, 0.2) is 11.6 Å². The van der Waals surface area contributed by atoms with Crippen molar-refractivity contribution in [2.24, 2.45) is 0 Å². The van der Waals surface area contributed by atoms with Gasteiger partial charge in [0.1, 0.15) is 0 Å². The zero-order valence-corrected chi connectivity index (χ0v) is 18.4. The van der Waals surface area contributed by atoms with Crippen LogP contribution in [-0.4, -0.2) is 70.9 Å². The first kappa shape index (κ1) is 21.0. The molecule has 33 heavy (non-hydrogen) atoms. The van der Waals surface area contributed by atoms with Crippen LogP contribution in [0.2, 0.25) is 0 Å². The van der Waals surface area contributed by atoms with Crippen molar-refractivity contribution in [3.63, 3.8) is 0 Å². The number of anilines is 2. The van der Waals surface area contributed by atoms with Crippen molar-refractivity contribution in [2.75, 3.05) is 36.9 Å². The fraction of sp³-hybridized carbons (Fsp3) is 0.609. The second-order valence-electron chi connectivity index (χ2n) is 9.52. The number of likely N-dealkylation sites (tertiary alicyclic amines) is 1. The maximum atomic E-state index is 12.8. The van der Waals surface area contributed by atoms with Gasteiger partial charge in [0.2, 0.25) is 5.95 Å². The molecule has 5 heterocycles. The SMILES string of the molecule is Nc1ncc(-c2cc([C@H]3C[C@@H](N4C[C@@H]5C[C@H]4CO5)C3)nc(N3CCCC3)n2)cc1OC(F)F. The lowest BCUT2D eigenvalue weighted by Crippen LogP contribution is -2.49. The molecule has 10 heteroatoms. The van der Waals surface area contributed by atoms with Crippen LogP contribution in [0.5, 0.6) is 5.75 Å². The van der Waals surface area contributed by atoms with E-state index in [0.717, 1.165) is 64.0 Å². The molecule has 0 unspecified atom stereocenters. The quantitative estimate of drug-likeness (QED) is 0.707. The molecule has 0 spiro atoms. The molecule has 2 N–H and O–H groups in total. The Bertz CT molecular complexity index is 1030. The Balaban J connectivity index is 1.27. The lowest BCUT2D eigenvalue weighted by atomic mass is 9.76. The molecule has 0 amide bonds. The second kappa shape index (κ2) is 8.32. The summed E-state index contributed by atoms with van der Waals surface area (Å²) in [5.41, 5.74) is 7.99. The molecule has 0 aromatic carbocycles. The Kier molecular flexibility index (Phi) is 5.29. The standard InChI is InChI=1S/C23H28F2N6O2/c24-22(25)33-20-7-14(10-27-21(20)26)19-9-18(28-23(29-19)30-3-1-2-4-30)13-5-15(6-13)31-11-17-8-16(31)12-32-17/h7,9-10,13,15-17,22H,1-6,8,11-12H2,(H2,26,27)/t13-,15+,16-,17-/m0/s1. The minimum absolute atomic E-state index is 0.0705. The third-order valence-corrected chi connectivity index (χ3v) is 7.46. The number of nitrogen functional groups attached to an aromatic ring is 1. The number of hydrogen-bond donors (Lipinski definition) is 1. The monoisotopic (exact) mass is 458 g/mol. The van der Waals surface area contributed by atoms with Crippen LogP contribution in [0, 0.1) is 0 Å². The van der Waals surface area contributed by atoms with E-state index in [9.17, 15) is 8.78 Å². The maximum absolute atomic E-state index is 12.8. The Morgan fingerprint density at radius 1 is 1.09 bits per heavy atom. The third kappa shape index (κ3) is 3.99. The molecule has 1 aliphatic carbocycles. The van der Waals surface area contributed by atoms with Crippen molar-refractivity contribution >= 4 is 11.8 Å². The van der Waals surface area contributed by atoms with Crippen LogP contribution in [0.3, 0.4) is 0 Å². The van der Waals surface area contributed by atoms with Crippen molar-refractivity contribution in [3.8, 4) is 17.0 Å². The number of fused-ring (bicyclic) bond motifs is 2. The number of nitrogens with zero attached hydrogens (tertiary/aromatic N) is 5. The van der Waals surface area contributed by atoms with Crippen molar-refractivity contribution < 1.29 is 18.3 Å². The summed E-state index contributed by atoms with van der Waals surface area (Å²) in [7, 11) is 0. The van der Waals surface area contributed by atoms with Crippen LogP contribution in [0.1, 0.15) is 43.7 Å². The number of pyridine rings is 1. The Hall–Kier alpha value is -2.59. The maximum Gasteiger partial charge on any atom is 0.387 e. The normalized spacial score (nSPS) is 29.1. The molecule has 2 bridgehead atoms. The van der Waals surface area contributed by atoms with Crippen molar-refractivity contribution in [1.29, 1.82) is 0 Å². The smallest absolute Gasteiger partial charge is 0.387 e. The first-order valence-electron chi connectivity index (χ1n) is 11.8. The molecule has 2 atom stereocenters. The lowest BCUT2D eigenvalue weighted by molar-refractivity contribution is -0.0494. The molecule has 2 aromatic rings. The van der Waals surface area contributed by atoms with E-state index in [0.29, 0.717) is 41.3 Å². The molecule has 6 rings (SSSR count). The zero-order chi connectivity index (χ0) is 22.5. The van der Waals surface area contributed by atoms with Crippen LogP contribution < -0.4 is 15.4 Å². The van der Waals surface area contributed by atoms with Gasteiger partial charge in [-0.2, -0.15) is 8.78 Å². The molecule has 176 valence electrons. The van der Waals surface area contributed by atoms with E-state index in [2.05, 4.69) is 19.5 Å². The second-order valence-corrected chi connectivity index (χ2v) is 9.52. The third-order valence-electron chi connectivity index (χ3n) is 7.46. The molecule has 8 nitrogen and oxygen atoms in total. The average molecular weight is 459 g/mol. The largest absolute Gasteiger partial charge is 0.431 e. The predicted octanol–water partition coefficient (Wildman–Crippen LogP) is 3.04. The van der Waals surface area contributed by atoms with Gasteiger partial charge in [-0.3, -0.25) is 4.90 Å². The zero-order valence-electron chi connectivity index (χ0n) is 18.4. The van der Waals surface area contributed by atoms with Crippen LogP contribution in [0.15, 0.2) is 18.3 Å². The lowest BCUT2D eigenvalue weighted by Gasteiger charge is -2.44. The fourth-order valence-corrected chi connectivity index (χ4v) is 5.63. The van der Waals surface area contributed by atoms with E-state index in [1.54, 1.807) is 6.20 Å². The van der Waals surface area contributed by atoms with Gasteiger partial charge in [-0.15, -0.1) is 0 Å². The number of morpholine rings is 1. The molecule has 4 fully saturated rings. The number of ether oxygens (including phenoxy) is 2. The minimum atomic E-state index is -2.97. The highest BCUT2D eigenvalue weighted by molar-refractivity contribution is 5.65. The average Bonchev–Trinajstić information content (AvgIpc) is 3.53. The number of alkyl halides is 2. The first-order chi connectivity index (χ1) is 16.0. The summed E-state index contributed by atoms with van der Waals surface area (Å²) in [6, 6.07) is 4.60. The molecule has 2 aromatic heterocycles. The van der Waals surface area contributed by atoms with E-state index in [1.807, 2.05) is 6.07 Å². The first-order valence-corrected chi connectivity index (χ1v) is 11.8. The molecule has 0 radical (unpaired) electrons. The fourth-order valence-electron chi connectivity index (χ4n) is 5.63. The Morgan fingerprint density at radius 2 is 1.91 bits per heavy atom. The summed E-state index contributed by atoms with van der Waals surface area (Å²) in [6.07, 6.45) is 7.48. The Labute approximate surface area is 191 Å². The van der Waals surface area contributed by atoms with Crippen LogP contribution >= 0.6 is 0 Å². The van der Waals surface area contributed by atoms with Crippen molar-refractivity contribution in [1.82, 2.24) is 19.9 Å². The number of aromatic nitrogens is 3. The topological polar surface area (TPSA) is 89.6 Å². The summed E-state index contributed by atoms with van der Waals surface area (Å²) < 4.78 is 35.9. The molecule has 4 aliphatic rings. The number of halogens is 2. The summed E-state index contributed by atoms with van der Waals surface area (Å²) in [6.45, 7) is 0.777. The molecule has 3 saturated heterocycles. The van der Waals surface area contributed by atoms with Crippen molar-refractivity contribution in [2.45, 2.75) is 62.8 Å². The highest BCUT2D eigenvalue weighted by atomic mass is 19.3. The van der Waals surface area contributed by atoms with Gasteiger partial charge in [-0.1, -0.05) is 0 Å². The summed E-state index contributed by atoms with van der Waals surface area (Å²) in [5.74, 6) is 0.848. The van der Waals surface area contributed by atoms with Gasteiger partial charge in [0, 0.05) is 55.1 Å². The number of nitrogens with two attached hydrogens (primary N) is 1. The van der Waals surface area contributed by atoms with Gasteiger partial charge < -0.3 is 20.1 Å². The van der Waals surface area contributed by atoms with Crippen LogP contribution in [0.4, 0.5) is 20.5 Å². The highest BCUT2D eigenvalue weighted by Crippen LogP contribution is 2.44. The minimum Gasteiger partial charge on any atom is -0.431 e. The van der Waals surface area contributed by atoms with Gasteiger partial charge in [-0.05, 0) is 44.2 Å². The van der Waals surface area contributed by atoms with Gasteiger partial charge >= 0.3 is 6.61 Å². The van der Waals surface area contributed by atoms with E-state index in [-0.39, 0.29) is 11.6 Å². The van der Waals surface area contributed by atoms with E-state index in [4.69, 9.17) is 20.4 Å². The summed E-state index contributed by atoms with van der Waals surface area (Å²) in [4.78, 5) is 18.6. The van der Waals surface area contributed by atoms with Gasteiger partial charge in [0.25, 0.3) is 0 Å². The number of rotatable bonds is 6. The van der Waals surface area contributed by atoms with Crippen LogP contribution in [0.25, 0.3) is 11.3 Å². The van der Waals surface area contributed by atoms with E-state index in [1.165, 1.54) is 6.07 Å². The predicted molar refractivity (Wildman–Crippen MR) is 118 cm³/mol. The summed E-state index contributed by atoms with van der Waals surface area (Å²) in [5, 5.41) is 0. The van der Waals surface area contributed by atoms with Crippen LogP contribution in [-0.2, 0) is 4.74 Å². The van der Waals surface area contributed by atoms with E-state index < -0.39 is 6.61 Å². The van der Waals surface area contributed by atoms with E-state index >= 15 is 0 Å². The highest BCUT2D eigenvalue weighted by Gasteiger charge is 2.46. The molecule has 3 aliphatic heterocycles. The Morgan fingerprint density at radius 3 is 2.61 bits per heavy atom. The molecular formula is C23H28F2N6O2.